The first-order valence-electron chi connectivity index (χ1n) is 6.64. The fourth-order valence-electron chi connectivity index (χ4n) is 2.34. The van der Waals surface area contributed by atoms with Gasteiger partial charge in [0.15, 0.2) is 0 Å². The van der Waals surface area contributed by atoms with Crippen molar-refractivity contribution in [2.24, 2.45) is 5.92 Å². The van der Waals surface area contributed by atoms with Gasteiger partial charge >= 0.3 is 0 Å². The molecule has 0 aliphatic heterocycles. The Labute approximate surface area is 139 Å². The Bertz CT molecular complexity index is 581. The second-order valence-corrected chi connectivity index (χ2v) is 6.58. The zero-order valence-electron chi connectivity index (χ0n) is 11.4. The summed E-state index contributed by atoms with van der Waals surface area (Å²) in [6, 6.07) is 14.2. The van der Waals surface area contributed by atoms with Crippen molar-refractivity contribution in [1.82, 2.24) is 0 Å². The van der Waals surface area contributed by atoms with E-state index in [2.05, 4.69) is 47.1 Å². The monoisotopic (exact) mass is 370 g/mol. The molecule has 0 aliphatic carbocycles. The fourth-order valence-corrected chi connectivity index (χ4v) is 3.19. The van der Waals surface area contributed by atoms with Crippen molar-refractivity contribution in [3.05, 3.63) is 69.2 Å². The first kappa shape index (κ1) is 15.9. The zero-order chi connectivity index (χ0) is 14.5. The molecule has 0 bridgehead atoms. The van der Waals surface area contributed by atoms with Crippen LogP contribution in [0.15, 0.2) is 42.5 Å². The molecule has 0 aromatic heterocycles. The van der Waals surface area contributed by atoms with Gasteiger partial charge in [-0.1, -0.05) is 63.4 Å². The minimum absolute atomic E-state index is 0.507. The highest BCUT2D eigenvalue weighted by Gasteiger charge is 2.13. The third-order valence-electron chi connectivity index (χ3n) is 3.50. The van der Waals surface area contributed by atoms with E-state index in [0.29, 0.717) is 5.92 Å². The van der Waals surface area contributed by atoms with Crippen LogP contribution in [0.3, 0.4) is 0 Å². The maximum Gasteiger partial charge on any atom is 0.0439 e. The Morgan fingerprint density at radius 3 is 2.40 bits per heavy atom. The van der Waals surface area contributed by atoms with Crippen LogP contribution in [0.1, 0.15) is 16.7 Å². The van der Waals surface area contributed by atoms with Crippen LogP contribution in [0.2, 0.25) is 10.0 Å². The second-order valence-electron chi connectivity index (χ2n) is 5.09. The lowest BCUT2D eigenvalue weighted by molar-refractivity contribution is 0.590. The molecular formula is C17H17BrCl2. The van der Waals surface area contributed by atoms with Gasteiger partial charge < -0.3 is 0 Å². The van der Waals surface area contributed by atoms with Gasteiger partial charge in [-0.25, -0.2) is 0 Å². The fraction of sp³-hybridized carbons (Fsp3) is 0.294. The summed E-state index contributed by atoms with van der Waals surface area (Å²) in [6.07, 6.45) is 1.97. The SMILES string of the molecule is Cc1ccccc1CC(CBr)Cc1cc(Cl)ccc1Cl. The second kappa shape index (κ2) is 7.49. The van der Waals surface area contributed by atoms with Gasteiger partial charge in [-0.2, -0.15) is 0 Å². The summed E-state index contributed by atoms with van der Waals surface area (Å²) in [4.78, 5) is 0. The molecule has 0 nitrogen and oxygen atoms in total. The van der Waals surface area contributed by atoms with Crippen LogP contribution in [-0.4, -0.2) is 5.33 Å². The van der Waals surface area contributed by atoms with Crippen LogP contribution < -0.4 is 0 Å². The van der Waals surface area contributed by atoms with Gasteiger partial charge in [-0.15, -0.1) is 0 Å². The lowest BCUT2D eigenvalue weighted by atomic mass is 9.92. The zero-order valence-corrected chi connectivity index (χ0v) is 14.5. The van der Waals surface area contributed by atoms with Gasteiger partial charge in [-0.05, 0) is 60.6 Å². The summed E-state index contributed by atoms with van der Waals surface area (Å²) in [7, 11) is 0. The Morgan fingerprint density at radius 1 is 1.00 bits per heavy atom. The predicted octanol–water partition coefficient (Wildman–Crippen LogP) is 6.10. The van der Waals surface area contributed by atoms with Crippen molar-refractivity contribution in [3.63, 3.8) is 0 Å². The summed E-state index contributed by atoms with van der Waals surface area (Å²) in [5, 5.41) is 2.49. The van der Waals surface area contributed by atoms with Crippen LogP contribution in [0.25, 0.3) is 0 Å². The molecule has 2 aromatic carbocycles. The van der Waals surface area contributed by atoms with Crippen molar-refractivity contribution in [2.75, 3.05) is 5.33 Å². The number of alkyl halides is 1. The Kier molecular flexibility index (Phi) is 5.95. The van der Waals surface area contributed by atoms with Gasteiger partial charge in [0.2, 0.25) is 0 Å². The largest absolute Gasteiger partial charge is 0.0925 e. The van der Waals surface area contributed by atoms with Crippen molar-refractivity contribution in [3.8, 4) is 0 Å². The van der Waals surface area contributed by atoms with E-state index in [0.717, 1.165) is 33.8 Å². The van der Waals surface area contributed by atoms with E-state index in [1.807, 2.05) is 18.2 Å². The van der Waals surface area contributed by atoms with E-state index in [1.165, 1.54) is 11.1 Å². The van der Waals surface area contributed by atoms with Crippen LogP contribution in [0.4, 0.5) is 0 Å². The molecule has 0 saturated heterocycles. The molecule has 106 valence electrons. The molecule has 2 rings (SSSR count). The third-order valence-corrected chi connectivity index (χ3v) is 5.02. The van der Waals surface area contributed by atoms with E-state index in [-0.39, 0.29) is 0 Å². The lowest BCUT2D eigenvalue weighted by Gasteiger charge is -2.16. The quantitative estimate of drug-likeness (QED) is 0.557. The average molecular weight is 372 g/mol. The van der Waals surface area contributed by atoms with E-state index in [4.69, 9.17) is 23.2 Å². The molecule has 0 saturated carbocycles. The molecule has 0 radical (unpaired) electrons. The lowest BCUT2D eigenvalue weighted by Crippen LogP contribution is -2.11. The maximum atomic E-state index is 6.26. The van der Waals surface area contributed by atoms with Crippen LogP contribution in [0.5, 0.6) is 0 Å². The Morgan fingerprint density at radius 2 is 1.70 bits per heavy atom. The Hall–Kier alpha value is -0.500. The number of halogens is 3. The van der Waals surface area contributed by atoms with E-state index < -0.39 is 0 Å². The molecule has 0 amide bonds. The highest BCUT2D eigenvalue weighted by atomic mass is 79.9. The summed E-state index contributed by atoms with van der Waals surface area (Å²) in [6.45, 7) is 2.16. The minimum atomic E-state index is 0.507. The molecule has 3 heteroatoms. The van der Waals surface area contributed by atoms with Gasteiger partial charge in [0.25, 0.3) is 0 Å². The number of aryl methyl sites for hydroxylation is 1. The average Bonchev–Trinajstić information content (AvgIpc) is 2.44. The highest BCUT2D eigenvalue weighted by molar-refractivity contribution is 9.09. The first-order chi connectivity index (χ1) is 9.60. The van der Waals surface area contributed by atoms with Crippen molar-refractivity contribution < 1.29 is 0 Å². The molecular weight excluding hydrogens is 355 g/mol. The molecule has 0 fully saturated rings. The van der Waals surface area contributed by atoms with E-state index in [9.17, 15) is 0 Å². The molecule has 1 atom stereocenters. The highest BCUT2D eigenvalue weighted by Crippen LogP contribution is 2.26. The summed E-state index contributed by atoms with van der Waals surface area (Å²) >= 11 is 15.9. The minimum Gasteiger partial charge on any atom is -0.0925 e. The molecule has 1 unspecified atom stereocenters. The normalized spacial score (nSPS) is 12.4. The number of hydrogen-bond donors (Lipinski definition) is 0. The maximum absolute atomic E-state index is 6.26. The molecule has 0 N–H and O–H groups in total. The number of hydrogen-bond acceptors (Lipinski definition) is 0. The van der Waals surface area contributed by atoms with Crippen molar-refractivity contribution >= 4 is 39.1 Å². The summed E-state index contributed by atoms with van der Waals surface area (Å²) < 4.78 is 0. The van der Waals surface area contributed by atoms with Gasteiger partial charge in [0.1, 0.15) is 0 Å². The first-order valence-corrected chi connectivity index (χ1v) is 8.52. The standard InChI is InChI=1S/C17H17BrCl2/c1-12-4-2-3-5-14(12)8-13(11-18)9-15-10-16(19)6-7-17(15)20/h2-7,10,13H,8-9,11H2,1H3. The van der Waals surface area contributed by atoms with Crippen LogP contribution in [0, 0.1) is 12.8 Å². The smallest absolute Gasteiger partial charge is 0.0439 e. The topological polar surface area (TPSA) is 0 Å². The molecule has 20 heavy (non-hydrogen) atoms. The molecule has 0 aliphatic rings. The predicted molar refractivity (Wildman–Crippen MR) is 92.3 cm³/mol. The van der Waals surface area contributed by atoms with Crippen LogP contribution >= 0.6 is 39.1 Å². The molecule has 0 spiro atoms. The molecule has 0 heterocycles. The third kappa shape index (κ3) is 4.25. The molecule has 2 aromatic rings. The van der Waals surface area contributed by atoms with Crippen molar-refractivity contribution in [2.45, 2.75) is 19.8 Å². The summed E-state index contributed by atoms with van der Waals surface area (Å²) in [5.41, 5.74) is 3.86. The van der Waals surface area contributed by atoms with Crippen molar-refractivity contribution in [1.29, 1.82) is 0 Å². The summed E-state index contributed by atoms with van der Waals surface area (Å²) in [5.74, 6) is 0.507. The van der Waals surface area contributed by atoms with Gasteiger partial charge in [0, 0.05) is 15.4 Å². The number of benzene rings is 2. The Balaban J connectivity index is 2.13. The van der Waals surface area contributed by atoms with Gasteiger partial charge in [-0.3, -0.25) is 0 Å². The van der Waals surface area contributed by atoms with E-state index in [1.54, 1.807) is 0 Å². The van der Waals surface area contributed by atoms with E-state index >= 15 is 0 Å². The van der Waals surface area contributed by atoms with Gasteiger partial charge in [0.05, 0.1) is 0 Å². The van der Waals surface area contributed by atoms with Crippen LogP contribution in [-0.2, 0) is 12.8 Å². The number of rotatable bonds is 5.